The largest absolute Gasteiger partial charge is 0.495 e. The first-order valence-corrected chi connectivity index (χ1v) is 6.64. The molecule has 1 aromatic heterocycles. The van der Waals surface area contributed by atoms with Crippen LogP contribution in [0.2, 0.25) is 0 Å². The van der Waals surface area contributed by atoms with E-state index < -0.39 is 5.44 Å². The molecule has 0 amide bonds. The summed E-state index contributed by atoms with van der Waals surface area (Å²) in [5.74, 6) is 1.33. The van der Waals surface area contributed by atoms with Crippen molar-refractivity contribution < 1.29 is 14.3 Å². The van der Waals surface area contributed by atoms with E-state index in [9.17, 15) is 4.79 Å². The average molecular weight is 263 g/mol. The molecule has 1 heterocycles. The van der Waals surface area contributed by atoms with Crippen molar-refractivity contribution in [2.75, 3.05) is 13.4 Å². The van der Waals surface area contributed by atoms with Crippen LogP contribution in [0, 0.1) is 0 Å². The van der Waals surface area contributed by atoms with Crippen LogP contribution in [-0.4, -0.2) is 30.1 Å². The lowest BCUT2D eigenvalue weighted by Gasteiger charge is -2.11. The van der Waals surface area contributed by atoms with Gasteiger partial charge in [-0.1, -0.05) is 0 Å². The van der Waals surface area contributed by atoms with Crippen LogP contribution in [0.5, 0.6) is 11.5 Å². The van der Waals surface area contributed by atoms with Crippen LogP contribution in [-0.2, 0) is 4.79 Å². The van der Waals surface area contributed by atoms with Crippen molar-refractivity contribution >= 4 is 29.0 Å². The molecular formula is C13H13NO3S. The SMILES string of the molecule is COc1cnc2ccc(OC(C=O)SC)cc2c1. The van der Waals surface area contributed by atoms with Crippen molar-refractivity contribution in [3.05, 3.63) is 30.5 Å². The van der Waals surface area contributed by atoms with Gasteiger partial charge in [0.25, 0.3) is 0 Å². The molecule has 0 radical (unpaired) electrons. The molecule has 0 aliphatic rings. The zero-order valence-corrected chi connectivity index (χ0v) is 10.9. The summed E-state index contributed by atoms with van der Waals surface area (Å²) in [6, 6.07) is 7.38. The zero-order valence-electron chi connectivity index (χ0n) is 10.1. The molecule has 0 spiro atoms. The minimum absolute atomic E-state index is 0.485. The number of aromatic nitrogens is 1. The number of aldehydes is 1. The van der Waals surface area contributed by atoms with Crippen molar-refractivity contribution in [2.45, 2.75) is 5.44 Å². The topological polar surface area (TPSA) is 48.4 Å². The summed E-state index contributed by atoms with van der Waals surface area (Å²) < 4.78 is 10.6. The Balaban J connectivity index is 2.33. The number of ether oxygens (including phenoxy) is 2. The van der Waals surface area contributed by atoms with Gasteiger partial charge in [0.2, 0.25) is 0 Å². The van der Waals surface area contributed by atoms with Crippen LogP contribution in [0.1, 0.15) is 0 Å². The van der Waals surface area contributed by atoms with Gasteiger partial charge in [-0.25, -0.2) is 0 Å². The fourth-order valence-electron chi connectivity index (χ4n) is 1.54. The number of carbonyl (C=O) groups is 1. The number of fused-ring (bicyclic) bond motifs is 1. The lowest BCUT2D eigenvalue weighted by atomic mass is 10.2. The highest BCUT2D eigenvalue weighted by molar-refractivity contribution is 7.99. The third-order valence-corrected chi connectivity index (χ3v) is 3.13. The van der Waals surface area contributed by atoms with Gasteiger partial charge in [0.05, 0.1) is 18.8 Å². The van der Waals surface area contributed by atoms with Crippen molar-refractivity contribution in [3.63, 3.8) is 0 Å². The minimum Gasteiger partial charge on any atom is -0.495 e. The van der Waals surface area contributed by atoms with E-state index in [0.717, 1.165) is 17.2 Å². The second-order valence-corrected chi connectivity index (χ2v) is 4.52. The molecule has 1 aromatic carbocycles. The van der Waals surface area contributed by atoms with Crippen LogP contribution in [0.15, 0.2) is 30.5 Å². The molecular weight excluding hydrogens is 250 g/mol. The van der Waals surface area contributed by atoms with E-state index in [-0.39, 0.29) is 0 Å². The van der Waals surface area contributed by atoms with E-state index in [1.54, 1.807) is 19.4 Å². The molecule has 0 saturated carbocycles. The summed E-state index contributed by atoms with van der Waals surface area (Å²) in [4.78, 5) is 15.0. The normalized spacial score (nSPS) is 12.1. The minimum atomic E-state index is -0.485. The lowest BCUT2D eigenvalue weighted by molar-refractivity contribution is -0.110. The Morgan fingerprint density at radius 1 is 1.33 bits per heavy atom. The highest BCUT2D eigenvalue weighted by Crippen LogP contribution is 2.24. The zero-order chi connectivity index (χ0) is 13.0. The van der Waals surface area contributed by atoms with Crippen molar-refractivity contribution in [3.8, 4) is 11.5 Å². The maximum absolute atomic E-state index is 10.7. The van der Waals surface area contributed by atoms with Gasteiger partial charge >= 0.3 is 0 Å². The second-order valence-electron chi connectivity index (χ2n) is 3.59. The monoisotopic (exact) mass is 263 g/mol. The molecule has 4 nitrogen and oxygen atoms in total. The number of hydrogen-bond acceptors (Lipinski definition) is 5. The maximum Gasteiger partial charge on any atom is 0.199 e. The predicted octanol–water partition coefficient (Wildman–Crippen LogP) is 2.51. The maximum atomic E-state index is 10.7. The summed E-state index contributed by atoms with van der Waals surface area (Å²) in [6.07, 6.45) is 4.27. The Labute approximate surface area is 109 Å². The molecule has 1 atom stereocenters. The van der Waals surface area contributed by atoms with Crippen molar-refractivity contribution in [1.29, 1.82) is 0 Å². The molecule has 1 unspecified atom stereocenters. The molecule has 0 N–H and O–H groups in total. The highest BCUT2D eigenvalue weighted by Gasteiger charge is 2.07. The van der Waals surface area contributed by atoms with Gasteiger partial charge in [0.15, 0.2) is 11.7 Å². The van der Waals surface area contributed by atoms with Crippen LogP contribution in [0.25, 0.3) is 10.9 Å². The molecule has 2 rings (SSSR count). The van der Waals surface area contributed by atoms with Crippen molar-refractivity contribution in [1.82, 2.24) is 4.98 Å². The summed E-state index contributed by atoms with van der Waals surface area (Å²) in [5, 5.41) is 0.914. The number of thioether (sulfide) groups is 1. The Morgan fingerprint density at radius 2 is 2.11 bits per heavy atom. The van der Waals surface area contributed by atoms with Crippen LogP contribution in [0.4, 0.5) is 0 Å². The average Bonchev–Trinajstić information content (AvgIpc) is 2.43. The molecule has 0 aliphatic carbocycles. The van der Waals surface area contributed by atoms with Gasteiger partial charge < -0.3 is 9.47 Å². The third kappa shape index (κ3) is 2.73. The van der Waals surface area contributed by atoms with E-state index in [2.05, 4.69) is 4.98 Å². The van der Waals surface area contributed by atoms with E-state index >= 15 is 0 Å². The molecule has 18 heavy (non-hydrogen) atoms. The van der Waals surface area contributed by atoms with Gasteiger partial charge in [0.1, 0.15) is 11.5 Å². The fraction of sp³-hybridized carbons (Fsp3) is 0.231. The van der Waals surface area contributed by atoms with E-state index in [1.165, 1.54) is 11.8 Å². The van der Waals surface area contributed by atoms with Gasteiger partial charge in [-0.2, -0.15) is 0 Å². The number of carbonyl (C=O) groups excluding carboxylic acids is 1. The number of hydrogen-bond donors (Lipinski definition) is 0. The Bertz CT molecular complexity index is 559. The molecule has 0 fully saturated rings. The Kier molecular flexibility index (Phi) is 4.04. The smallest absolute Gasteiger partial charge is 0.199 e. The van der Waals surface area contributed by atoms with Gasteiger partial charge in [-0.15, -0.1) is 11.8 Å². The first kappa shape index (κ1) is 12.7. The summed E-state index contributed by atoms with van der Waals surface area (Å²) in [7, 11) is 1.60. The highest BCUT2D eigenvalue weighted by atomic mass is 32.2. The van der Waals surface area contributed by atoms with E-state index in [1.807, 2.05) is 24.5 Å². The van der Waals surface area contributed by atoms with Gasteiger partial charge in [0, 0.05) is 5.39 Å². The number of pyridine rings is 1. The summed E-state index contributed by atoms with van der Waals surface area (Å²) in [5.41, 5.74) is 0.371. The third-order valence-electron chi connectivity index (χ3n) is 2.46. The number of rotatable bonds is 5. The summed E-state index contributed by atoms with van der Waals surface area (Å²) in [6.45, 7) is 0. The Hall–Kier alpha value is -1.75. The Morgan fingerprint density at radius 3 is 2.78 bits per heavy atom. The molecule has 0 bridgehead atoms. The number of nitrogens with zero attached hydrogens (tertiary/aromatic N) is 1. The van der Waals surface area contributed by atoms with Crippen molar-refractivity contribution in [2.24, 2.45) is 0 Å². The molecule has 2 aromatic rings. The standard InChI is InChI=1S/C13H13NO3S/c1-16-11-6-9-5-10(17-13(8-15)18-2)3-4-12(9)14-7-11/h3-8,13H,1-2H3. The van der Waals surface area contributed by atoms with Crippen LogP contribution >= 0.6 is 11.8 Å². The fourth-order valence-corrected chi connectivity index (χ4v) is 1.86. The van der Waals surface area contributed by atoms with Crippen LogP contribution < -0.4 is 9.47 Å². The molecule has 5 heteroatoms. The van der Waals surface area contributed by atoms with E-state index in [0.29, 0.717) is 11.5 Å². The summed E-state index contributed by atoms with van der Waals surface area (Å²) >= 11 is 1.35. The second kappa shape index (κ2) is 5.73. The molecule has 0 aliphatic heterocycles. The molecule has 0 saturated heterocycles. The number of benzene rings is 1. The van der Waals surface area contributed by atoms with Crippen LogP contribution in [0.3, 0.4) is 0 Å². The lowest BCUT2D eigenvalue weighted by Crippen LogP contribution is -2.12. The van der Waals surface area contributed by atoms with Gasteiger partial charge in [-0.05, 0) is 30.5 Å². The first-order chi connectivity index (χ1) is 8.76. The van der Waals surface area contributed by atoms with E-state index in [4.69, 9.17) is 9.47 Å². The quantitative estimate of drug-likeness (QED) is 0.612. The predicted molar refractivity (Wildman–Crippen MR) is 72.3 cm³/mol. The number of methoxy groups -OCH3 is 1. The van der Waals surface area contributed by atoms with Gasteiger partial charge in [-0.3, -0.25) is 9.78 Å². The molecule has 94 valence electrons. The first-order valence-electron chi connectivity index (χ1n) is 5.35.